The van der Waals surface area contributed by atoms with Crippen LogP contribution in [0, 0.1) is 0 Å². The average molecular weight is 284 g/mol. The Bertz CT molecular complexity index is 458. The van der Waals surface area contributed by atoms with Crippen LogP contribution in [0.2, 0.25) is 0 Å². The fraction of sp³-hybridized carbons (Fsp3) is 0.533. The molecule has 0 bridgehead atoms. The lowest BCUT2D eigenvalue weighted by Crippen LogP contribution is -2.11. The van der Waals surface area contributed by atoms with E-state index >= 15 is 0 Å². The Morgan fingerprint density at radius 1 is 1.26 bits per heavy atom. The zero-order valence-corrected chi connectivity index (χ0v) is 12.7. The molecule has 0 saturated heterocycles. The molecule has 0 atom stereocenters. The van der Waals surface area contributed by atoms with Gasteiger partial charge in [0.2, 0.25) is 0 Å². The molecule has 0 fully saturated rings. The number of fused-ring (bicyclic) bond motifs is 1. The molecule has 0 unspecified atom stereocenters. The molecule has 0 aromatic heterocycles. The van der Waals surface area contributed by atoms with Gasteiger partial charge in [-0.3, -0.25) is 4.99 Å². The molecular weight excluding hydrogens is 262 g/mol. The largest absolute Gasteiger partial charge is 0.493 e. The molecule has 1 aromatic rings. The van der Waals surface area contributed by atoms with Crippen molar-refractivity contribution < 1.29 is 9.47 Å². The van der Waals surface area contributed by atoms with Crippen LogP contribution in [0.1, 0.15) is 37.8 Å². The second-order valence-corrected chi connectivity index (χ2v) is 4.58. The molecule has 2 rings (SSSR count). The number of nitrogens with zero attached hydrogens (tertiary/aromatic N) is 1. The summed E-state index contributed by atoms with van der Waals surface area (Å²) in [6.07, 6.45) is 3.19. The van der Waals surface area contributed by atoms with Gasteiger partial charge in [-0.2, -0.15) is 0 Å². The summed E-state index contributed by atoms with van der Waals surface area (Å²) in [6.45, 7) is 5.83. The fourth-order valence-corrected chi connectivity index (χ4v) is 2.17. The number of methoxy groups -OCH3 is 1. The lowest BCUT2D eigenvalue weighted by atomic mass is 9.97. The number of hydrogen-bond acceptors (Lipinski definition) is 3. The van der Waals surface area contributed by atoms with E-state index in [1.165, 1.54) is 11.1 Å². The van der Waals surface area contributed by atoms with Gasteiger partial charge in [0, 0.05) is 17.8 Å². The molecule has 0 spiro atoms. The Labute approximate surface area is 121 Å². The third-order valence-electron chi connectivity index (χ3n) is 3.26. The highest BCUT2D eigenvalue weighted by Gasteiger charge is 2.15. The van der Waals surface area contributed by atoms with E-state index < -0.39 is 0 Å². The number of ether oxygens (including phenoxy) is 2. The number of hydrogen-bond donors (Lipinski definition) is 0. The van der Waals surface area contributed by atoms with Crippen LogP contribution in [0.5, 0.6) is 11.5 Å². The van der Waals surface area contributed by atoms with Crippen molar-refractivity contribution in [2.75, 3.05) is 20.3 Å². The van der Waals surface area contributed by atoms with Crippen molar-refractivity contribution >= 4 is 18.1 Å². The zero-order chi connectivity index (χ0) is 13.0. The van der Waals surface area contributed by atoms with Gasteiger partial charge >= 0.3 is 0 Å². The molecule has 1 heterocycles. The highest BCUT2D eigenvalue weighted by atomic mass is 35.5. The van der Waals surface area contributed by atoms with Crippen molar-refractivity contribution in [3.63, 3.8) is 0 Å². The smallest absolute Gasteiger partial charge is 0.161 e. The van der Waals surface area contributed by atoms with Gasteiger partial charge in [0.15, 0.2) is 11.5 Å². The minimum absolute atomic E-state index is 0. The van der Waals surface area contributed by atoms with Gasteiger partial charge in [-0.25, -0.2) is 0 Å². The van der Waals surface area contributed by atoms with E-state index in [4.69, 9.17) is 9.47 Å². The highest BCUT2D eigenvalue weighted by Crippen LogP contribution is 2.32. The molecule has 4 heteroatoms. The Hall–Kier alpha value is -1.22. The van der Waals surface area contributed by atoms with Crippen LogP contribution >= 0.6 is 12.4 Å². The Morgan fingerprint density at radius 2 is 2.05 bits per heavy atom. The van der Waals surface area contributed by atoms with Crippen molar-refractivity contribution in [3.05, 3.63) is 23.3 Å². The molecule has 0 saturated carbocycles. The van der Waals surface area contributed by atoms with E-state index in [9.17, 15) is 0 Å². The first-order chi connectivity index (χ1) is 8.76. The number of benzene rings is 1. The van der Waals surface area contributed by atoms with E-state index in [0.29, 0.717) is 0 Å². The second kappa shape index (κ2) is 7.39. The van der Waals surface area contributed by atoms with Gasteiger partial charge in [-0.1, -0.05) is 13.3 Å². The molecule has 3 nitrogen and oxygen atoms in total. The molecule has 0 amide bonds. The molecule has 1 aliphatic rings. The summed E-state index contributed by atoms with van der Waals surface area (Å²) in [6, 6.07) is 4.16. The van der Waals surface area contributed by atoms with Crippen molar-refractivity contribution in [2.45, 2.75) is 33.1 Å². The molecule has 1 aromatic carbocycles. The second-order valence-electron chi connectivity index (χ2n) is 4.58. The van der Waals surface area contributed by atoms with Crippen LogP contribution in [0.4, 0.5) is 0 Å². The lowest BCUT2D eigenvalue weighted by molar-refractivity contribution is 0.288. The maximum atomic E-state index is 5.80. The standard InChI is InChI=1S/C15H21NO2.ClH/c1-4-5-8-18-15-9-12-6-7-16-11(2)13(12)10-14(15)17-3;/h9-10H,4-8H2,1-3H3;1H. The molecule has 0 aliphatic carbocycles. The number of unbranched alkanes of at least 4 members (excludes halogenated alkanes) is 1. The summed E-state index contributed by atoms with van der Waals surface area (Å²) in [5.41, 5.74) is 3.60. The third-order valence-corrected chi connectivity index (χ3v) is 3.26. The summed E-state index contributed by atoms with van der Waals surface area (Å²) >= 11 is 0. The maximum absolute atomic E-state index is 5.80. The van der Waals surface area contributed by atoms with Gasteiger partial charge in [0.25, 0.3) is 0 Å². The summed E-state index contributed by atoms with van der Waals surface area (Å²) in [5, 5.41) is 0. The predicted molar refractivity (Wildman–Crippen MR) is 81.4 cm³/mol. The van der Waals surface area contributed by atoms with E-state index in [2.05, 4.69) is 31.0 Å². The SMILES string of the molecule is CCCCOc1cc2c(cc1OC)C(C)=NCC2.Cl. The molecule has 0 N–H and O–H groups in total. The van der Waals surface area contributed by atoms with Crippen molar-refractivity contribution in [1.82, 2.24) is 0 Å². The van der Waals surface area contributed by atoms with E-state index in [1.54, 1.807) is 7.11 Å². The Morgan fingerprint density at radius 3 is 2.74 bits per heavy atom. The highest BCUT2D eigenvalue weighted by molar-refractivity contribution is 6.01. The van der Waals surface area contributed by atoms with E-state index in [0.717, 1.165) is 49.6 Å². The predicted octanol–water partition coefficient (Wildman–Crippen LogP) is 3.66. The number of rotatable bonds is 5. The first-order valence-corrected chi connectivity index (χ1v) is 6.61. The van der Waals surface area contributed by atoms with E-state index in [1.807, 2.05) is 0 Å². The quantitative estimate of drug-likeness (QED) is 0.772. The van der Waals surface area contributed by atoms with Crippen molar-refractivity contribution in [2.24, 2.45) is 4.99 Å². The van der Waals surface area contributed by atoms with Crippen molar-refractivity contribution in [1.29, 1.82) is 0 Å². The lowest BCUT2D eigenvalue weighted by Gasteiger charge is -2.18. The van der Waals surface area contributed by atoms with Crippen LogP contribution in [0.3, 0.4) is 0 Å². The Balaban J connectivity index is 0.00000180. The summed E-state index contributed by atoms with van der Waals surface area (Å²) < 4.78 is 11.2. The average Bonchev–Trinajstić information content (AvgIpc) is 2.39. The molecule has 106 valence electrons. The monoisotopic (exact) mass is 283 g/mol. The summed E-state index contributed by atoms with van der Waals surface area (Å²) in [5.74, 6) is 1.67. The van der Waals surface area contributed by atoms with Crippen molar-refractivity contribution in [3.8, 4) is 11.5 Å². The van der Waals surface area contributed by atoms with Gasteiger partial charge in [0.1, 0.15) is 0 Å². The first kappa shape index (κ1) is 15.8. The van der Waals surface area contributed by atoms with Crippen LogP contribution in [0.25, 0.3) is 0 Å². The number of aliphatic imine (C=N–C) groups is 1. The minimum Gasteiger partial charge on any atom is -0.493 e. The van der Waals surface area contributed by atoms with Crippen LogP contribution in [-0.4, -0.2) is 26.0 Å². The summed E-state index contributed by atoms with van der Waals surface area (Å²) in [4.78, 5) is 4.47. The van der Waals surface area contributed by atoms with Gasteiger partial charge in [-0.15, -0.1) is 12.4 Å². The zero-order valence-electron chi connectivity index (χ0n) is 11.9. The van der Waals surface area contributed by atoms with Crippen LogP contribution in [-0.2, 0) is 6.42 Å². The number of halogens is 1. The van der Waals surface area contributed by atoms with Crippen LogP contribution < -0.4 is 9.47 Å². The van der Waals surface area contributed by atoms with Gasteiger partial charge in [-0.05, 0) is 37.5 Å². The normalized spacial score (nSPS) is 13.1. The molecule has 1 aliphatic heterocycles. The molecule has 19 heavy (non-hydrogen) atoms. The molecule has 0 radical (unpaired) electrons. The topological polar surface area (TPSA) is 30.8 Å². The van der Waals surface area contributed by atoms with Crippen LogP contribution in [0.15, 0.2) is 17.1 Å². The summed E-state index contributed by atoms with van der Waals surface area (Å²) in [7, 11) is 1.68. The fourth-order valence-electron chi connectivity index (χ4n) is 2.17. The third kappa shape index (κ3) is 3.63. The minimum atomic E-state index is 0. The van der Waals surface area contributed by atoms with Gasteiger partial charge < -0.3 is 9.47 Å². The van der Waals surface area contributed by atoms with Gasteiger partial charge in [0.05, 0.1) is 13.7 Å². The van der Waals surface area contributed by atoms with E-state index in [-0.39, 0.29) is 12.4 Å². The maximum Gasteiger partial charge on any atom is 0.161 e. The Kier molecular flexibility index (Phi) is 6.16. The first-order valence-electron chi connectivity index (χ1n) is 6.61. The molecular formula is C15H22ClNO2.